The summed E-state index contributed by atoms with van der Waals surface area (Å²) >= 11 is 0. The first-order valence-corrected chi connectivity index (χ1v) is 6.20. The number of hydrogen-bond donors (Lipinski definition) is 3. The Bertz CT molecular complexity index is 567. The lowest BCUT2D eigenvalue weighted by atomic mass is 10.2. The zero-order valence-corrected chi connectivity index (χ0v) is 11.6. The molecular formula is C11H16N4O6. The van der Waals surface area contributed by atoms with Gasteiger partial charge in [0, 0.05) is 6.54 Å². The maximum Gasteiger partial charge on any atom is 0.333 e. The Balaban J connectivity index is 3.22. The van der Waals surface area contributed by atoms with Gasteiger partial charge in [0.25, 0.3) is 0 Å². The van der Waals surface area contributed by atoms with Crippen molar-refractivity contribution in [3.05, 3.63) is 15.8 Å². The molecule has 0 aliphatic carbocycles. The van der Waals surface area contributed by atoms with Crippen molar-refractivity contribution in [2.75, 3.05) is 5.32 Å². The van der Waals surface area contributed by atoms with Gasteiger partial charge in [0.15, 0.2) is 0 Å². The molecule has 1 aromatic rings. The van der Waals surface area contributed by atoms with E-state index in [1.807, 2.05) is 6.92 Å². The summed E-state index contributed by atoms with van der Waals surface area (Å²) in [4.78, 5) is 32.2. The number of nitrogens with zero attached hydrogens (tertiary/aromatic N) is 3. The van der Waals surface area contributed by atoms with Gasteiger partial charge >= 0.3 is 17.6 Å². The Labute approximate surface area is 119 Å². The standard InChI is InChI=1S/C11H16N4O6/c1-3-4-14-10(9(15(20)21)6(2)13-14)12-7(11(18)19)5-8(16)17/h7,12H,3-5H2,1-2H3,(H,16,17)(H,18,19). The quantitative estimate of drug-likeness (QED) is 0.472. The summed E-state index contributed by atoms with van der Waals surface area (Å²) < 4.78 is 1.28. The van der Waals surface area contributed by atoms with E-state index in [1.54, 1.807) is 0 Å². The number of aliphatic carboxylic acids is 2. The summed E-state index contributed by atoms with van der Waals surface area (Å²) in [6, 6.07) is -1.48. The third-order valence-electron chi connectivity index (χ3n) is 2.70. The molecule has 1 heterocycles. The molecule has 10 nitrogen and oxygen atoms in total. The molecule has 116 valence electrons. The molecule has 0 spiro atoms. The van der Waals surface area contributed by atoms with Gasteiger partial charge in [-0.1, -0.05) is 6.92 Å². The van der Waals surface area contributed by atoms with Crippen molar-refractivity contribution in [1.82, 2.24) is 9.78 Å². The zero-order chi connectivity index (χ0) is 16.2. The van der Waals surface area contributed by atoms with Crippen molar-refractivity contribution in [3.8, 4) is 0 Å². The molecule has 0 aliphatic rings. The van der Waals surface area contributed by atoms with Gasteiger partial charge < -0.3 is 15.5 Å². The minimum absolute atomic E-state index is 0.0898. The van der Waals surface area contributed by atoms with E-state index in [0.717, 1.165) is 0 Å². The number of aromatic nitrogens is 2. The minimum atomic E-state index is -1.48. The number of rotatable bonds is 8. The van der Waals surface area contributed by atoms with Crippen molar-refractivity contribution >= 4 is 23.4 Å². The number of nitro groups is 1. The van der Waals surface area contributed by atoms with Crippen molar-refractivity contribution < 1.29 is 24.7 Å². The van der Waals surface area contributed by atoms with E-state index in [-0.39, 0.29) is 17.2 Å². The number of anilines is 1. The number of hydrogen-bond acceptors (Lipinski definition) is 6. The molecule has 0 bridgehead atoms. The summed E-state index contributed by atoms with van der Waals surface area (Å²) in [6.45, 7) is 3.61. The Morgan fingerprint density at radius 2 is 2.10 bits per heavy atom. The van der Waals surface area contributed by atoms with Crippen LogP contribution in [-0.2, 0) is 16.1 Å². The minimum Gasteiger partial charge on any atom is -0.481 e. The number of carboxylic acid groups (broad SMARTS) is 2. The van der Waals surface area contributed by atoms with Crippen molar-refractivity contribution in [3.63, 3.8) is 0 Å². The summed E-state index contributed by atoms with van der Waals surface area (Å²) in [5.74, 6) is -2.82. The highest BCUT2D eigenvalue weighted by Gasteiger charge is 2.30. The molecule has 0 amide bonds. The maximum absolute atomic E-state index is 11.1. The van der Waals surface area contributed by atoms with Gasteiger partial charge in [-0.25, -0.2) is 9.48 Å². The number of carboxylic acids is 2. The zero-order valence-electron chi connectivity index (χ0n) is 11.6. The number of carbonyl (C=O) groups is 2. The fourth-order valence-electron chi connectivity index (χ4n) is 1.85. The van der Waals surface area contributed by atoms with Crippen LogP contribution >= 0.6 is 0 Å². The monoisotopic (exact) mass is 300 g/mol. The molecule has 0 aliphatic heterocycles. The number of nitrogens with one attached hydrogen (secondary N) is 1. The van der Waals surface area contributed by atoms with Gasteiger partial charge in [0.1, 0.15) is 11.7 Å². The van der Waals surface area contributed by atoms with Crippen LogP contribution in [0.15, 0.2) is 0 Å². The van der Waals surface area contributed by atoms with E-state index in [0.29, 0.717) is 13.0 Å². The predicted molar refractivity (Wildman–Crippen MR) is 71.2 cm³/mol. The smallest absolute Gasteiger partial charge is 0.333 e. The Kier molecular flexibility index (Phi) is 5.22. The van der Waals surface area contributed by atoms with Gasteiger partial charge in [0.05, 0.1) is 11.3 Å². The Morgan fingerprint density at radius 1 is 1.48 bits per heavy atom. The van der Waals surface area contributed by atoms with Crippen molar-refractivity contribution in [2.24, 2.45) is 0 Å². The Hall–Kier alpha value is -2.65. The maximum atomic E-state index is 11.1. The molecule has 10 heteroatoms. The van der Waals surface area contributed by atoms with E-state index in [2.05, 4.69) is 10.4 Å². The molecule has 1 atom stereocenters. The van der Waals surface area contributed by atoms with E-state index < -0.39 is 29.3 Å². The third kappa shape index (κ3) is 3.91. The topological polar surface area (TPSA) is 148 Å². The van der Waals surface area contributed by atoms with Crippen LogP contribution in [0.5, 0.6) is 0 Å². The molecule has 0 fully saturated rings. The van der Waals surface area contributed by atoms with Crippen LogP contribution in [0.4, 0.5) is 11.5 Å². The molecule has 1 rings (SSSR count). The SMILES string of the molecule is CCCn1nc(C)c([N+](=O)[O-])c1NC(CC(=O)O)C(=O)O. The lowest BCUT2D eigenvalue weighted by Gasteiger charge is -2.14. The first-order chi connectivity index (χ1) is 9.77. The van der Waals surface area contributed by atoms with Gasteiger partial charge in [-0.2, -0.15) is 5.10 Å². The molecule has 1 aromatic heterocycles. The van der Waals surface area contributed by atoms with Crippen LogP contribution in [-0.4, -0.2) is 42.9 Å². The van der Waals surface area contributed by atoms with Crippen LogP contribution in [0.1, 0.15) is 25.5 Å². The highest BCUT2D eigenvalue weighted by atomic mass is 16.6. The average molecular weight is 300 g/mol. The van der Waals surface area contributed by atoms with Crippen molar-refractivity contribution in [2.45, 2.75) is 39.3 Å². The van der Waals surface area contributed by atoms with Gasteiger partial charge in [-0.05, 0) is 13.3 Å². The normalized spacial score (nSPS) is 11.9. The fourth-order valence-corrected chi connectivity index (χ4v) is 1.85. The molecular weight excluding hydrogens is 284 g/mol. The van der Waals surface area contributed by atoms with E-state index in [4.69, 9.17) is 10.2 Å². The predicted octanol–water partition coefficient (Wildman–Crippen LogP) is 0.850. The molecule has 0 saturated heterocycles. The summed E-state index contributed by atoms with van der Waals surface area (Å²) in [5.41, 5.74) is -0.212. The third-order valence-corrected chi connectivity index (χ3v) is 2.70. The van der Waals surface area contributed by atoms with Crippen molar-refractivity contribution in [1.29, 1.82) is 0 Å². The molecule has 1 unspecified atom stereocenters. The first-order valence-electron chi connectivity index (χ1n) is 6.20. The molecule has 3 N–H and O–H groups in total. The molecule has 21 heavy (non-hydrogen) atoms. The molecule has 0 saturated carbocycles. The first kappa shape index (κ1) is 16.4. The second-order valence-electron chi connectivity index (χ2n) is 4.40. The number of aryl methyl sites for hydroxylation is 2. The Morgan fingerprint density at radius 3 is 2.52 bits per heavy atom. The highest BCUT2D eigenvalue weighted by Crippen LogP contribution is 2.29. The fraction of sp³-hybridized carbons (Fsp3) is 0.545. The molecule has 0 aromatic carbocycles. The second kappa shape index (κ2) is 6.68. The lowest BCUT2D eigenvalue weighted by molar-refractivity contribution is -0.384. The van der Waals surface area contributed by atoms with Crippen LogP contribution in [0.3, 0.4) is 0 Å². The van der Waals surface area contributed by atoms with Crippen LogP contribution in [0.2, 0.25) is 0 Å². The summed E-state index contributed by atoms with van der Waals surface area (Å²) in [6.07, 6.45) is -0.0769. The second-order valence-corrected chi connectivity index (χ2v) is 4.40. The van der Waals surface area contributed by atoms with Gasteiger partial charge in [0.2, 0.25) is 5.82 Å². The van der Waals surface area contributed by atoms with Gasteiger partial charge in [-0.3, -0.25) is 14.9 Å². The largest absolute Gasteiger partial charge is 0.481 e. The van der Waals surface area contributed by atoms with Gasteiger partial charge in [-0.15, -0.1) is 0 Å². The molecule has 0 radical (unpaired) electrons. The average Bonchev–Trinajstić information content (AvgIpc) is 2.64. The van der Waals surface area contributed by atoms with E-state index >= 15 is 0 Å². The van der Waals surface area contributed by atoms with Crippen LogP contribution in [0, 0.1) is 17.0 Å². The van der Waals surface area contributed by atoms with E-state index in [9.17, 15) is 19.7 Å². The van der Waals surface area contributed by atoms with Crippen LogP contribution < -0.4 is 5.32 Å². The van der Waals surface area contributed by atoms with Crippen LogP contribution in [0.25, 0.3) is 0 Å². The summed E-state index contributed by atoms with van der Waals surface area (Å²) in [7, 11) is 0. The lowest BCUT2D eigenvalue weighted by Crippen LogP contribution is -2.33. The van der Waals surface area contributed by atoms with E-state index in [1.165, 1.54) is 11.6 Å². The highest BCUT2D eigenvalue weighted by molar-refractivity contribution is 5.84. The summed E-state index contributed by atoms with van der Waals surface area (Å²) in [5, 5.41) is 35.2.